The molecule has 0 aliphatic heterocycles. The molecular weight excluding hydrogens is 280 g/mol. The van der Waals surface area contributed by atoms with E-state index in [1.807, 2.05) is 0 Å². The van der Waals surface area contributed by atoms with Gasteiger partial charge in [0.1, 0.15) is 12.1 Å². The predicted octanol–water partition coefficient (Wildman–Crippen LogP) is -0.344. The van der Waals surface area contributed by atoms with Crippen molar-refractivity contribution in [2.45, 2.75) is 32.4 Å². The lowest BCUT2D eigenvalue weighted by atomic mass is 10.1. The number of esters is 1. The molecule has 9 nitrogen and oxygen atoms in total. The molecule has 4 N–H and O–H groups in total. The summed E-state index contributed by atoms with van der Waals surface area (Å²) in [6.45, 7) is 3.29. The third kappa shape index (κ3) is 5.51. The molecule has 0 aliphatic carbocycles. The molecule has 0 fully saturated rings. The van der Waals surface area contributed by atoms with Crippen LogP contribution in [0.5, 0.6) is 0 Å². The molecule has 9 heteroatoms. The number of carbonyl (C=O) groups excluding carboxylic acids is 2. The standard InChI is InChI=1S/C12H18N4O5/c1-3-21-11(19)7(2)15-12(20)16-9(10(17)18)4-8-5-13-6-14-8/h5-7,9H,3-4H2,1-2H3,(H,13,14)(H,17,18)(H2,15,16,20)/t7?,9-/m0/s1. The Kier molecular flexibility index (Phi) is 6.18. The van der Waals surface area contributed by atoms with Crippen molar-refractivity contribution in [3.05, 3.63) is 18.2 Å². The van der Waals surface area contributed by atoms with Crippen molar-refractivity contribution in [1.82, 2.24) is 20.6 Å². The second-order valence-corrected chi connectivity index (χ2v) is 4.26. The molecule has 1 aromatic rings. The lowest BCUT2D eigenvalue weighted by Crippen LogP contribution is -2.51. The van der Waals surface area contributed by atoms with Gasteiger partial charge >= 0.3 is 18.0 Å². The van der Waals surface area contributed by atoms with E-state index < -0.39 is 30.1 Å². The number of amides is 2. The quantitative estimate of drug-likeness (QED) is 0.509. The van der Waals surface area contributed by atoms with E-state index in [4.69, 9.17) is 9.84 Å². The molecule has 1 rings (SSSR count). The number of hydrogen-bond acceptors (Lipinski definition) is 5. The van der Waals surface area contributed by atoms with Gasteiger partial charge in [-0.05, 0) is 13.8 Å². The molecular formula is C12H18N4O5. The zero-order valence-corrected chi connectivity index (χ0v) is 11.8. The molecule has 0 radical (unpaired) electrons. The molecule has 116 valence electrons. The number of rotatable bonds is 7. The molecule has 0 saturated heterocycles. The van der Waals surface area contributed by atoms with E-state index in [-0.39, 0.29) is 13.0 Å². The maximum atomic E-state index is 11.7. The van der Waals surface area contributed by atoms with Gasteiger partial charge in [-0.2, -0.15) is 0 Å². The van der Waals surface area contributed by atoms with E-state index in [2.05, 4.69) is 20.6 Å². The third-order valence-corrected chi connectivity index (χ3v) is 2.57. The number of ether oxygens (including phenoxy) is 1. The van der Waals surface area contributed by atoms with Crippen LogP contribution in [0.3, 0.4) is 0 Å². The minimum atomic E-state index is -1.19. The molecule has 1 aromatic heterocycles. The van der Waals surface area contributed by atoms with Crippen LogP contribution < -0.4 is 10.6 Å². The van der Waals surface area contributed by atoms with Gasteiger partial charge in [-0.3, -0.25) is 0 Å². The highest BCUT2D eigenvalue weighted by atomic mass is 16.5. The highest BCUT2D eigenvalue weighted by Crippen LogP contribution is 1.99. The maximum Gasteiger partial charge on any atom is 0.328 e. The van der Waals surface area contributed by atoms with Gasteiger partial charge in [-0.25, -0.2) is 19.4 Å². The molecule has 2 atom stereocenters. The molecule has 1 unspecified atom stereocenters. The average Bonchev–Trinajstić information content (AvgIpc) is 2.90. The Morgan fingerprint density at radius 2 is 2.14 bits per heavy atom. The number of nitrogens with zero attached hydrogens (tertiary/aromatic N) is 1. The number of carboxylic acid groups (broad SMARTS) is 1. The molecule has 0 aromatic carbocycles. The number of hydrogen-bond donors (Lipinski definition) is 4. The van der Waals surface area contributed by atoms with E-state index in [1.165, 1.54) is 19.4 Å². The molecule has 2 amide bonds. The first-order valence-electron chi connectivity index (χ1n) is 6.37. The number of aliphatic carboxylic acids is 1. The van der Waals surface area contributed by atoms with Crippen LogP contribution in [0.2, 0.25) is 0 Å². The lowest BCUT2D eigenvalue weighted by Gasteiger charge is -2.17. The van der Waals surface area contributed by atoms with E-state index in [9.17, 15) is 14.4 Å². The van der Waals surface area contributed by atoms with Crippen LogP contribution in [0.25, 0.3) is 0 Å². The number of carboxylic acids is 1. The van der Waals surface area contributed by atoms with Gasteiger partial charge in [-0.1, -0.05) is 0 Å². The van der Waals surface area contributed by atoms with Gasteiger partial charge in [0.15, 0.2) is 0 Å². The largest absolute Gasteiger partial charge is 0.480 e. The number of nitrogens with one attached hydrogen (secondary N) is 3. The molecule has 0 saturated carbocycles. The van der Waals surface area contributed by atoms with E-state index in [0.717, 1.165) is 0 Å². The molecule has 0 bridgehead atoms. The van der Waals surface area contributed by atoms with Gasteiger partial charge in [0, 0.05) is 18.3 Å². The van der Waals surface area contributed by atoms with Gasteiger partial charge < -0.3 is 25.5 Å². The fourth-order valence-electron chi connectivity index (χ4n) is 1.54. The Morgan fingerprint density at radius 3 is 2.67 bits per heavy atom. The van der Waals surface area contributed by atoms with Crippen molar-refractivity contribution < 1.29 is 24.2 Å². The van der Waals surface area contributed by atoms with Gasteiger partial charge in [0.25, 0.3) is 0 Å². The number of carbonyl (C=O) groups is 3. The summed E-state index contributed by atoms with van der Waals surface area (Å²) >= 11 is 0. The van der Waals surface area contributed by atoms with Crippen LogP contribution >= 0.6 is 0 Å². The van der Waals surface area contributed by atoms with Crippen molar-refractivity contribution >= 4 is 18.0 Å². The zero-order valence-electron chi connectivity index (χ0n) is 11.8. The topological polar surface area (TPSA) is 133 Å². The highest BCUT2D eigenvalue weighted by Gasteiger charge is 2.23. The average molecular weight is 298 g/mol. The smallest absolute Gasteiger partial charge is 0.328 e. The summed E-state index contributed by atoms with van der Waals surface area (Å²) in [4.78, 5) is 40.7. The summed E-state index contributed by atoms with van der Waals surface area (Å²) in [5.41, 5.74) is 0.571. The first-order valence-corrected chi connectivity index (χ1v) is 6.37. The second-order valence-electron chi connectivity index (χ2n) is 4.26. The number of imidazole rings is 1. The molecule has 1 heterocycles. The third-order valence-electron chi connectivity index (χ3n) is 2.57. The highest BCUT2D eigenvalue weighted by molar-refractivity contribution is 5.86. The van der Waals surface area contributed by atoms with Gasteiger partial charge in [-0.15, -0.1) is 0 Å². The maximum absolute atomic E-state index is 11.7. The minimum Gasteiger partial charge on any atom is -0.480 e. The Labute approximate surface area is 121 Å². The summed E-state index contributed by atoms with van der Waals surface area (Å²) in [5, 5.41) is 13.7. The van der Waals surface area contributed by atoms with Crippen molar-refractivity contribution in [2.75, 3.05) is 6.61 Å². The Hall–Kier alpha value is -2.58. The molecule has 0 aliphatic rings. The van der Waals surface area contributed by atoms with Crippen molar-refractivity contribution in [3.63, 3.8) is 0 Å². The van der Waals surface area contributed by atoms with Crippen LogP contribution in [-0.2, 0) is 20.7 Å². The van der Waals surface area contributed by atoms with Crippen molar-refractivity contribution in [1.29, 1.82) is 0 Å². The van der Waals surface area contributed by atoms with Crippen LogP contribution in [0.1, 0.15) is 19.5 Å². The van der Waals surface area contributed by atoms with Crippen LogP contribution in [0, 0.1) is 0 Å². The van der Waals surface area contributed by atoms with Gasteiger partial charge in [0.2, 0.25) is 0 Å². The Morgan fingerprint density at radius 1 is 1.43 bits per heavy atom. The normalized spacial score (nSPS) is 13.0. The fourth-order valence-corrected chi connectivity index (χ4v) is 1.54. The molecule has 21 heavy (non-hydrogen) atoms. The first kappa shape index (κ1) is 16.5. The van der Waals surface area contributed by atoms with Crippen LogP contribution in [0.4, 0.5) is 4.79 Å². The van der Waals surface area contributed by atoms with Crippen LogP contribution in [0.15, 0.2) is 12.5 Å². The van der Waals surface area contributed by atoms with Gasteiger partial charge in [0.05, 0.1) is 12.9 Å². The Balaban J connectivity index is 2.53. The van der Waals surface area contributed by atoms with Crippen LogP contribution in [-0.4, -0.2) is 51.7 Å². The summed E-state index contributed by atoms with van der Waals surface area (Å²) in [7, 11) is 0. The monoisotopic (exact) mass is 298 g/mol. The first-order chi connectivity index (χ1) is 9.93. The molecule has 0 spiro atoms. The summed E-state index contributed by atoms with van der Waals surface area (Å²) in [5.74, 6) is -1.78. The summed E-state index contributed by atoms with van der Waals surface area (Å²) < 4.78 is 4.73. The number of H-pyrrole nitrogens is 1. The number of urea groups is 1. The minimum absolute atomic E-state index is 0.0521. The van der Waals surface area contributed by atoms with E-state index >= 15 is 0 Å². The van der Waals surface area contributed by atoms with Crippen molar-refractivity contribution in [3.8, 4) is 0 Å². The summed E-state index contributed by atoms with van der Waals surface area (Å²) in [6, 6.07) is -2.77. The number of aromatic nitrogens is 2. The van der Waals surface area contributed by atoms with E-state index in [1.54, 1.807) is 6.92 Å². The number of aromatic amines is 1. The van der Waals surface area contributed by atoms with E-state index in [0.29, 0.717) is 5.69 Å². The SMILES string of the molecule is CCOC(=O)C(C)NC(=O)N[C@@H](Cc1cnc[nH]1)C(=O)O. The zero-order chi connectivity index (χ0) is 15.8. The Bertz CT molecular complexity index is 488. The predicted molar refractivity (Wildman–Crippen MR) is 71.5 cm³/mol. The van der Waals surface area contributed by atoms with Crippen molar-refractivity contribution in [2.24, 2.45) is 0 Å². The fraction of sp³-hybridized carbons (Fsp3) is 0.500. The lowest BCUT2D eigenvalue weighted by molar-refractivity contribution is -0.144. The summed E-state index contributed by atoms with van der Waals surface area (Å²) in [6.07, 6.45) is 2.93. The second kappa shape index (κ2) is 7.88.